The number of imidazole rings is 1. The number of pyridine rings is 1. The summed E-state index contributed by atoms with van der Waals surface area (Å²) in [4.78, 5) is 21.8. The van der Waals surface area contributed by atoms with Gasteiger partial charge < -0.3 is 4.90 Å². The van der Waals surface area contributed by atoms with E-state index in [2.05, 4.69) is 74.8 Å². The van der Waals surface area contributed by atoms with Gasteiger partial charge in [0.25, 0.3) is 0 Å². The van der Waals surface area contributed by atoms with Gasteiger partial charge in [0.1, 0.15) is 5.65 Å². The van der Waals surface area contributed by atoms with Crippen LogP contribution in [0.5, 0.6) is 0 Å². The molecule has 0 amide bonds. The average molecular weight is 482 g/mol. The highest BCUT2D eigenvalue weighted by molar-refractivity contribution is 5.48. The number of aromatic nitrogens is 4. The van der Waals surface area contributed by atoms with Crippen LogP contribution in [0.1, 0.15) is 41.4 Å². The van der Waals surface area contributed by atoms with Crippen molar-refractivity contribution in [2.75, 3.05) is 44.7 Å². The molecular formula is C29H35N7. The van der Waals surface area contributed by atoms with Gasteiger partial charge >= 0.3 is 0 Å². The molecule has 7 heteroatoms. The highest BCUT2D eigenvalue weighted by atomic mass is 15.3. The molecule has 4 aromatic rings. The van der Waals surface area contributed by atoms with E-state index in [0.717, 1.165) is 75.8 Å². The molecule has 6 rings (SSSR count). The Morgan fingerprint density at radius 2 is 1.81 bits per heavy atom. The fourth-order valence-electron chi connectivity index (χ4n) is 5.75. The highest BCUT2D eigenvalue weighted by Gasteiger charge is 2.26. The molecule has 186 valence electrons. The van der Waals surface area contributed by atoms with Gasteiger partial charge in [-0.25, -0.2) is 9.97 Å². The number of aryl methyl sites for hydroxylation is 1. The standard InChI is InChI=1S/C29H35N7/c1-33(26-11-5-9-24-10-6-14-30-28(24)26)21-25-22-36-27(32-25)12-15-31-29(36)35-19-17-34(18-20-35)16-13-23-7-3-2-4-8-23/h2-4,6-8,10,12,14-15,22,26H,5,9,11,13,16-21H2,1H3. The van der Waals surface area contributed by atoms with Crippen LogP contribution in [-0.4, -0.2) is 68.9 Å². The maximum absolute atomic E-state index is 4.96. The van der Waals surface area contributed by atoms with Crippen LogP contribution in [-0.2, 0) is 19.4 Å². The average Bonchev–Trinajstić information content (AvgIpc) is 3.35. The van der Waals surface area contributed by atoms with Gasteiger partial charge in [-0.2, -0.15) is 0 Å². The van der Waals surface area contributed by atoms with Gasteiger partial charge in [-0.3, -0.25) is 19.2 Å². The quantitative estimate of drug-likeness (QED) is 0.398. The first-order valence-electron chi connectivity index (χ1n) is 13.2. The normalized spacial score (nSPS) is 18.6. The van der Waals surface area contributed by atoms with Crippen molar-refractivity contribution < 1.29 is 0 Å². The van der Waals surface area contributed by atoms with Crippen LogP contribution >= 0.6 is 0 Å². The molecular weight excluding hydrogens is 446 g/mol. The van der Waals surface area contributed by atoms with Gasteiger partial charge in [-0.1, -0.05) is 36.4 Å². The van der Waals surface area contributed by atoms with E-state index < -0.39 is 0 Å². The van der Waals surface area contributed by atoms with E-state index in [1.807, 2.05) is 18.5 Å². The lowest BCUT2D eigenvalue weighted by Gasteiger charge is -2.35. The second-order valence-corrected chi connectivity index (χ2v) is 10.1. The largest absolute Gasteiger partial charge is 0.339 e. The second-order valence-electron chi connectivity index (χ2n) is 10.1. The number of fused-ring (bicyclic) bond motifs is 2. The molecule has 1 atom stereocenters. The molecule has 3 aromatic heterocycles. The Morgan fingerprint density at radius 1 is 0.944 bits per heavy atom. The van der Waals surface area contributed by atoms with Crippen molar-refractivity contribution in [3.05, 3.63) is 89.6 Å². The van der Waals surface area contributed by atoms with E-state index >= 15 is 0 Å². The number of rotatable bonds is 7. The number of anilines is 1. The first kappa shape index (κ1) is 23.1. The zero-order valence-corrected chi connectivity index (χ0v) is 21.1. The van der Waals surface area contributed by atoms with Crippen LogP contribution in [0.25, 0.3) is 5.65 Å². The summed E-state index contributed by atoms with van der Waals surface area (Å²) in [5.74, 6) is 1.00. The smallest absolute Gasteiger partial charge is 0.211 e. The zero-order valence-electron chi connectivity index (χ0n) is 21.1. The summed E-state index contributed by atoms with van der Waals surface area (Å²) < 4.78 is 2.18. The molecule has 1 aliphatic heterocycles. The van der Waals surface area contributed by atoms with Crippen LogP contribution in [0.4, 0.5) is 5.95 Å². The Hall–Kier alpha value is -3.29. The molecule has 0 radical (unpaired) electrons. The van der Waals surface area contributed by atoms with Crippen LogP contribution < -0.4 is 4.90 Å². The predicted octanol–water partition coefficient (Wildman–Crippen LogP) is 4.00. The topological polar surface area (TPSA) is 52.8 Å². The molecule has 0 saturated carbocycles. The third-order valence-corrected chi connectivity index (χ3v) is 7.74. The Labute approximate surface area is 213 Å². The van der Waals surface area contributed by atoms with E-state index in [9.17, 15) is 0 Å². The number of piperazine rings is 1. The fourth-order valence-corrected chi connectivity index (χ4v) is 5.75. The molecule has 0 spiro atoms. The van der Waals surface area contributed by atoms with Crippen LogP contribution in [0.2, 0.25) is 0 Å². The van der Waals surface area contributed by atoms with Gasteiger partial charge in [-0.05, 0) is 56.0 Å². The van der Waals surface area contributed by atoms with Crippen molar-refractivity contribution in [2.24, 2.45) is 0 Å². The highest BCUT2D eigenvalue weighted by Crippen LogP contribution is 2.32. The van der Waals surface area contributed by atoms with Gasteiger partial charge in [0.15, 0.2) is 0 Å². The molecule has 1 saturated heterocycles. The van der Waals surface area contributed by atoms with Crippen molar-refractivity contribution in [1.82, 2.24) is 29.2 Å². The van der Waals surface area contributed by atoms with Crippen LogP contribution in [0, 0.1) is 0 Å². The van der Waals surface area contributed by atoms with Crippen molar-refractivity contribution in [3.8, 4) is 0 Å². The monoisotopic (exact) mass is 481 g/mol. The van der Waals surface area contributed by atoms with E-state index in [4.69, 9.17) is 15.0 Å². The van der Waals surface area contributed by atoms with Crippen molar-refractivity contribution in [3.63, 3.8) is 0 Å². The molecule has 1 aliphatic carbocycles. The van der Waals surface area contributed by atoms with Crippen molar-refractivity contribution >= 4 is 11.6 Å². The Morgan fingerprint density at radius 3 is 2.67 bits per heavy atom. The predicted molar refractivity (Wildman–Crippen MR) is 143 cm³/mol. The van der Waals surface area contributed by atoms with Crippen LogP contribution in [0.3, 0.4) is 0 Å². The molecule has 1 unspecified atom stereocenters. The minimum atomic E-state index is 0.348. The van der Waals surface area contributed by atoms with Gasteiger partial charge in [-0.15, -0.1) is 0 Å². The van der Waals surface area contributed by atoms with Gasteiger partial charge in [0, 0.05) is 57.9 Å². The first-order chi connectivity index (χ1) is 17.7. The Balaban J connectivity index is 1.12. The molecule has 36 heavy (non-hydrogen) atoms. The summed E-state index contributed by atoms with van der Waals surface area (Å²) in [6, 6.07) is 17.4. The molecule has 4 heterocycles. The number of benzene rings is 1. The lowest BCUT2D eigenvalue weighted by atomic mass is 9.91. The summed E-state index contributed by atoms with van der Waals surface area (Å²) in [7, 11) is 2.20. The maximum Gasteiger partial charge on any atom is 0.211 e. The Bertz CT molecular complexity index is 1290. The van der Waals surface area contributed by atoms with E-state index in [-0.39, 0.29) is 0 Å². The molecule has 7 nitrogen and oxygen atoms in total. The molecule has 0 bridgehead atoms. The number of hydrogen-bond acceptors (Lipinski definition) is 6. The van der Waals surface area contributed by atoms with Crippen molar-refractivity contribution in [1.29, 1.82) is 0 Å². The van der Waals surface area contributed by atoms with Gasteiger partial charge in [0.2, 0.25) is 5.95 Å². The molecule has 1 fully saturated rings. The summed E-state index contributed by atoms with van der Waals surface area (Å²) >= 11 is 0. The second kappa shape index (κ2) is 10.4. The first-order valence-corrected chi connectivity index (χ1v) is 13.2. The third kappa shape index (κ3) is 4.86. The summed E-state index contributed by atoms with van der Waals surface area (Å²) in [5.41, 5.74) is 6.09. The van der Waals surface area contributed by atoms with E-state index in [1.54, 1.807) is 0 Å². The summed E-state index contributed by atoms with van der Waals surface area (Å²) in [6.45, 7) is 6.00. The van der Waals surface area contributed by atoms with Crippen LogP contribution in [0.15, 0.2) is 67.1 Å². The lowest BCUT2D eigenvalue weighted by molar-refractivity contribution is 0.206. The summed E-state index contributed by atoms with van der Waals surface area (Å²) in [6.07, 6.45) is 10.6. The lowest BCUT2D eigenvalue weighted by Crippen LogP contribution is -2.47. The third-order valence-electron chi connectivity index (χ3n) is 7.74. The van der Waals surface area contributed by atoms with E-state index in [1.165, 1.54) is 23.2 Å². The maximum atomic E-state index is 4.96. The molecule has 1 aromatic carbocycles. The molecule has 0 N–H and O–H groups in total. The van der Waals surface area contributed by atoms with E-state index in [0.29, 0.717) is 6.04 Å². The SMILES string of the molecule is CN(Cc1cn2c(N3CCN(CCc4ccccc4)CC3)nccc2n1)C1CCCc2cccnc21. The fraction of sp³-hybridized carbons (Fsp3) is 0.414. The summed E-state index contributed by atoms with van der Waals surface area (Å²) in [5, 5.41) is 0. The van der Waals surface area contributed by atoms with Gasteiger partial charge in [0.05, 0.1) is 17.4 Å². The Kier molecular flexibility index (Phi) is 6.66. The minimum Gasteiger partial charge on any atom is -0.339 e. The zero-order chi connectivity index (χ0) is 24.3. The number of nitrogens with zero attached hydrogens (tertiary/aromatic N) is 7. The van der Waals surface area contributed by atoms with Crippen molar-refractivity contribution in [2.45, 2.75) is 38.3 Å². The minimum absolute atomic E-state index is 0.348. The molecule has 2 aliphatic rings. The number of hydrogen-bond donors (Lipinski definition) is 0.